The number of hydrogen-bond acceptors (Lipinski definition) is 2. The highest BCUT2D eigenvalue weighted by molar-refractivity contribution is 5.24. The van der Waals surface area contributed by atoms with Crippen LogP contribution in [0.15, 0.2) is 11.3 Å². The first-order valence-corrected chi connectivity index (χ1v) is 4.73. The highest BCUT2D eigenvalue weighted by Gasteiger charge is 2.29. The summed E-state index contributed by atoms with van der Waals surface area (Å²) in [6.07, 6.45) is 2.58. The molecule has 0 bridgehead atoms. The number of ether oxygens (including phenoxy) is 2. The van der Waals surface area contributed by atoms with Crippen LogP contribution in [-0.2, 0) is 9.47 Å². The van der Waals surface area contributed by atoms with E-state index < -0.39 is 0 Å². The van der Waals surface area contributed by atoms with E-state index in [0.29, 0.717) is 6.10 Å². The van der Waals surface area contributed by atoms with Gasteiger partial charge in [0, 0.05) is 6.42 Å². The van der Waals surface area contributed by atoms with Crippen molar-refractivity contribution < 1.29 is 9.47 Å². The molecule has 0 saturated carbocycles. The van der Waals surface area contributed by atoms with Crippen molar-refractivity contribution in [3.8, 4) is 0 Å². The maximum atomic E-state index is 5.56. The molecule has 2 rings (SSSR count). The van der Waals surface area contributed by atoms with Crippen LogP contribution >= 0.6 is 0 Å². The van der Waals surface area contributed by atoms with Crippen LogP contribution in [0.4, 0.5) is 0 Å². The smallest absolute Gasteiger partial charge is 0.111 e. The largest absolute Gasteiger partial charge is 0.496 e. The summed E-state index contributed by atoms with van der Waals surface area (Å²) in [4.78, 5) is 0. The lowest BCUT2D eigenvalue weighted by Crippen LogP contribution is -2.26. The van der Waals surface area contributed by atoms with Gasteiger partial charge in [0.15, 0.2) is 0 Å². The van der Waals surface area contributed by atoms with Crippen LogP contribution in [0.3, 0.4) is 0 Å². The van der Waals surface area contributed by atoms with E-state index in [1.807, 2.05) is 0 Å². The second-order valence-electron chi connectivity index (χ2n) is 3.79. The van der Waals surface area contributed by atoms with E-state index in [1.165, 1.54) is 11.3 Å². The Morgan fingerprint density at radius 2 is 2.00 bits per heavy atom. The van der Waals surface area contributed by atoms with Gasteiger partial charge in [-0.05, 0) is 24.8 Å². The predicted octanol–water partition coefficient (Wildman–Crippen LogP) is 2.11. The van der Waals surface area contributed by atoms with Gasteiger partial charge < -0.3 is 9.47 Å². The summed E-state index contributed by atoms with van der Waals surface area (Å²) in [7, 11) is 0. The van der Waals surface area contributed by atoms with Crippen molar-refractivity contribution in [2.24, 2.45) is 5.92 Å². The first-order chi connectivity index (χ1) is 5.77. The first kappa shape index (κ1) is 8.11. The Balaban J connectivity index is 2.08. The fraction of sp³-hybridized carbons (Fsp3) is 0.800. The van der Waals surface area contributed by atoms with Gasteiger partial charge >= 0.3 is 0 Å². The summed E-state index contributed by atoms with van der Waals surface area (Å²) in [5, 5.41) is 0. The molecular weight excluding hydrogens is 152 g/mol. The molecule has 0 aromatic rings. The molecule has 2 heteroatoms. The fourth-order valence-corrected chi connectivity index (χ4v) is 1.93. The van der Waals surface area contributed by atoms with Gasteiger partial charge in [0.25, 0.3) is 0 Å². The molecule has 12 heavy (non-hydrogen) atoms. The molecule has 0 fully saturated rings. The van der Waals surface area contributed by atoms with Gasteiger partial charge in [-0.2, -0.15) is 0 Å². The van der Waals surface area contributed by atoms with E-state index in [2.05, 4.69) is 13.8 Å². The summed E-state index contributed by atoms with van der Waals surface area (Å²) in [6, 6.07) is 0. The number of allylic oxidation sites excluding steroid dienone is 1. The maximum Gasteiger partial charge on any atom is 0.111 e. The summed E-state index contributed by atoms with van der Waals surface area (Å²) in [6.45, 7) is 5.87. The average molecular weight is 168 g/mol. The Kier molecular flexibility index (Phi) is 2.09. The Morgan fingerprint density at radius 3 is 2.75 bits per heavy atom. The molecule has 1 heterocycles. The summed E-state index contributed by atoms with van der Waals surface area (Å²) in [5.41, 5.74) is 1.49. The van der Waals surface area contributed by atoms with Crippen molar-refractivity contribution in [2.45, 2.75) is 32.8 Å². The molecule has 68 valence electrons. The lowest BCUT2D eigenvalue weighted by molar-refractivity contribution is 0.00593. The molecule has 2 atom stereocenters. The zero-order valence-corrected chi connectivity index (χ0v) is 7.80. The molecule has 0 saturated heterocycles. The molecule has 1 aliphatic heterocycles. The Hall–Kier alpha value is -0.500. The van der Waals surface area contributed by atoms with E-state index in [-0.39, 0.29) is 0 Å². The monoisotopic (exact) mass is 168 g/mol. The van der Waals surface area contributed by atoms with Crippen molar-refractivity contribution in [2.75, 3.05) is 13.2 Å². The van der Waals surface area contributed by atoms with Crippen LogP contribution in [0.1, 0.15) is 26.7 Å². The minimum atomic E-state index is 0.377. The number of rotatable bonds is 0. The Morgan fingerprint density at radius 1 is 1.17 bits per heavy atom. The summed E-state index contributed by atoms with van der Waals surface area (Å²) in [5.74, 6) is 1.97. The van der Waals surface area contributed by atoms with Crippen LogP contribution in [-0.4, -0.2) is 19.3 Å². The molecule has 2 nitrogen and oxygen atoms in total. The minimum absolute atomic E-state index is 0.377. The molecule has 0 radical (unpaired) electrons. The molecule has 0 aromatic carbocycles. The van der Waals surface area contributed by atoms with Gasteiger partial charge in [-0.25, -0.2) is 0 Å². The number of hydrogen-bond donors (Lipinski definition) is 0. The second kappa shape index (κ2) is 3.09. The van der Waals surface area contributed by atoms with Gasteiger partial charge in [0.2, 0.25) is 0 Å². The van der Waals surface area contributed by atoms with Crippen LogP contribution in [0, 0.1) is 5.92 Å². The highest BCUT2D eigenvalue weighted by Crippen LogP contribution is 2.38. The van der Waals surface area contributed by atoms with Gasteiger partial charge in [-0.15, -0.1) is 0 Å². The molecule has 0 spiro atoms. The first-order valence-electron chi connectivity index (χ1n) is 4.73. The van der Waals surface area contributed by atoms with E-state index in [1.54, 1.807) is 0 Å². The topological polar surface area (TPSA) is 18.5 Å². The van der Waals surface area contributed by atoms with Crippen molar-refractivity contribution in [1.29, 1.82) is 0 Å². The van der Waals surface area contributed by atoms with Crippen LogP contribution in [0.25, 0.3) is 0 Å². The fourth-order valence-electron chi connectivity index (χ4n) is 1.93. The van der Waals surface area contributed by atoms with Crippen LogP contribution < -0.4 is 0 Å². The van der Waals surface area contributed by atoms with Gasteiger partial charge in [-0.1, -0.05) is 6.92 Å². The highest BCUT2D eigenvalue weighted by atomic mass is 16.5. The van der Waals surface area contributed by atoms with Crippen molar-refractivity contribution in [3.63, 3.8) is 0 Å². The summed E-state index contributed by atoms with van der Waals surface area (Å²) < 4.78 is 11.1. The third-order valence-electron chi connectivity index (χ3n) is 2.71. The van der Waals surface area contributed by atoms with E-state index in [0.717, 1.165) is 32.0 Å². The standard InChI is InChI=1S/C10H16O2/c1-7-5-10-9(7)6-8(2)11-3-4-12-10/h7-8H,3-6H2,1-2H3. The van der Waals surface area contributed by atoms with Gasteiger partial charge in [0.05, 0.1) is 18.5 Å². The maximum absolute atomic E-state index is 5.56. The van der Waals surface area contributed by atoms with Crippen molar-refractivity contribution in [1.82, 2.24) is 0 Å². The SMILES string of the molecule is CC1CC2=C(CC2C)OCCO1. The second-order valence-corrected chi connectivity index (χ2v) is 3.79. The van der Waals surface area contributed by atoms with E-state index in [9.17, 15) is 0 Å². The zero-order valence-electron chi connectivity index (χ0n) is 7.80. The molecular formula is C10H16O2. The van der Waals surface area contributed by atoms with Crippen LogP contribution in [0.5, 0.6) is 0 Å². The van der Waals surface area contributed by atoms with Gasteiger partial charge in [0.1, 0.15) is 6.61 Å². The predicted molar refractivity (Wildman–Crippen MR) is 46.8 cm³/mol. The molecule has 0 amide bonds. The Bertz CT molecular complexity index is 208. The summed E-state index contributed by atoms with van der Waals surface area (Å²) >= 11 is 0. The lowest BCUT2D eigenvalue weighted by Gasteiger charge is -2.34. The van der Waals surface area contributed by atoms with Crippen LogP contribution in [0.2, 0.25) is 0 Å². The average Bonchev–Trinajstić information content (AvgIpc) is 2.04. The van der Waals surface area contributed by atoms with Crippen molar-refractivity contribution in [3.05, 3.63) is 11.3 Å². The van der Waals surface area contributed by atoms with E-state index >= 15 is 0 Å². The van der Waals surface area contributed by atoms with Gasteiger partial charge in [-0.3, -0.25) is 0 Å². The minimum Gasteiger partial charge on any atom is -0.496 e. The van der Waals surface area contributed by atoms with E-state index in [4.69, 9.17) is 9.47 Å². The molecule has 1 aliphatic carbocycles. The third kappa shape index (κ3) is 1.36. The zero-order chi connectivity index (χ0) is 8.55. The van der Waals surface area contributed by atoms with Crippen molar-refractivity contribution >= 4 is 0 Å². The molecule has 0 N–H and O–H groups in total. The molecule has 2 unspecified atom stereocenters. The normalized spacial score (nSPS) is 35.8. The lowest BCUT2D eigenvalue weighted by atomic mass is 9.81. The molecule has 2 aliphatic rings. The molecule has 0 aromatic heterocycles. The Labute approximate surface area is 73.5 Å². The quantitative estimate of drug-likeness (QED) is 0.551. The third-order valence-corrected chi connectivity index (χ3v) is 2.71.